The number of nitrogens with one attached hydrogen (secondary N) is 2. The largest absolute Gasteiger partial charge is 0.350 e. The number of rotatable bonds is 10. The van der Waals surface area contributed by atoms with Gasteiger partial charge in [-0.1, -0.05) is 68.4 Å². The number of carbonyl (C=O) groups excluding carboxylic acids is 2. The van der Waals surface area contributed by atoms with Crippen LogP contribution in [0, 0.1) is 6.92 Å². The number of anilines is 1. The van der Waals surface area contributed by atoms with E-state index in [-0.39, 0.29) is 17.9 Å². The summed E-state index contributed by atoms with van der Waals surface area (Å²) in [5.41, 5.74) is 3.91. The van der Waals surface area contributed by atoms with Crippen LogP contribution in [0.15, 0.2) is 78.9 Å². The summed E-state index contributed by atoms with van der Waals surface area (Å²) in [5, 5.41) is 6.04. The number of carbonyl (C=O) groups is 2. The summed E-state index contributed by atoms with van der Waals surface area (Å²) < 4.78 is 0. The molecule has 0 spiro atoms. The van der Waals surface area contributed by atoms with Crippen molar-refractivity contribution in [3.63, 3.8) is 0 Å². The summed E-state index contributed by atoms with van der Waals surface area (Å²) in [7, 11) is 0. The fourth-order valence-corrected chi connectivity index (χ4v) is 3.95. The van der Waals surface area contributed by atoms with Crippen molar-refractivity contribution >= 4 is 17.5 Å². The number of hydrogen-bond acceptors (Lipinski definition) is 3. The summed E-state index contributed by atoms with van der Waals surface area (Å²) in [6.07, 6.45) is 0.870. The molecule has 5 nitrogen and oxygen atoms in total. The Morgan fingerprint density at radius 2 is 1.45 bits per heavy atom. The van der Waals surface area contributed by atoms with Gasteiger partial charge in [-0.2, -0.15) is 0 Å². The highest BCUT2D eigenvalue weighted by atomic mass is 16.2. The molecule has 0 aliphatic heterocycles. The normalized spacial score (nSPS) is 11.8. The van der Waals surface area contributed by atoms with Crippen LogP contribution in [0.4, 0.5) is 5.69 Å². The Bertz CT molecular complexity index is 1050. The highest BCUT2D eigenvalue weighted by molar-refractivity contribution is 6.05. The van der Waals surface area contributed by atoms with Crippen molar-refractivity contribution in [1.82, 2.24) is 10.2 Å². The van der Waals surface area contributed by atoms with Gasteiger partial charge in [-0.15, -0.1) is 0 Å². The molecule has 0 aliphatic rings. The Morgan fingerprint density at radius 3 is 2.09 bits per heavy atom. The minimum atomic E-state index is -0.194. The standard InChI is InChI=1S/C28H33N3O2/c1-4-31(5-2)25(18-22-12-8-6-9-13-22)20-29-27(32)24-17-16-21(3)26(19-24)30-28(33)23-14-10-7-11-15-23/h6-17,19,25H,4-5,18,20H2,1-3H3,(H,29,32)(H,30,33). The second kappa shape index (κ2) is 12.0. The van der Waals surface area contributed by atoms with Gasteiger partial charge >= 0.3 is 0 Å². The van der Waals surface area contributed by atoms with Crippen LogP contribution in [-0.2, 0) is 6.42 Å². The third-order valence-corrected chi connectivity index (χ3v) is 5.93. The molecule has 5 heteroatoms. The van der Waals surface area contributed by atoms with Crippen molar-refractivity contribution < 1.29 is 9.59 Å². The lowest BCUT2D eigenvalue weighted by Crippen LogP contribution is -2.45. The number of hydrogen-bond donors (Lipinski definition) is 2. The van der Waals surface area contributed by atoms with E-state index in [1.165, 1.54) is 5.56 Å². The predicted molar refractivity (Wildman–Crippen MR) is 135 cm³/mol. The zero-order valence-electron chi connectivity index (χ0n) is 19.7. The van der Waals surface area contributed by atoms with Crippen LogP contribution in [0.3, 0.4) is 0 Å². The first-order chi connectivity index (χ1) is 16.0. The highest BCUT2D eigenvalue weighted by Crippen LogP contribution is 2.18. The topological polar surface area (TPSA) is 61.4 Å². The van der Waals surface area contributed by atoms with E-state index in [4.69, 9.17) is 0 Å². The average molecular weight is 444 g/mol. The minimum Gasteiger partial charge on any atom is -0.350 e. The van der Waals surface area contributed by atoms with Crippen molar-refractivity contribution in [3.8, 4) is 0 Å². The van der Waals surface area contributed by atoms with E-state index in [1.54, 1.807) is 24.3 Å². The molecule has 3 aromatic rings. The van der Waals surface area contributed by atoms with Crippen LogP contribution in [0.25, 0.3) is 0 Å². The van der Waals surface area contributed by atoms with E-state index >= 15 is 0 Å². The molecule has 2 amide bonds. The molecule has 1 atom stereocenters. The summed E-state index contributed by atoms with van der Waals surface area (Å²) in [4.78, 5) is 27.9. The Balaban J connectivity index is 1.69. The third-order valence-electron chi connectivity index (χ3n) is 5.93. The highest BCUT2D eigenvalue weighted by Gasteiger charge is 2.18. The lowest BCUT2D eigenvalue weighted by atomic mass is 10.0. The van der Waals surface area contributed by atoms with Crippen molar-refractivity contribution in [3.05, 3.63) is 101 Å². The molecule has 0 bridgehead atoms. The van der Waals surface area contributed by atoms with E-state index in [0.717, 1.165) is 25.1 Å². The lowest BCUT2D eigenvalue weighted by molar-refractivity contribution is 0.0933. The van der Waals surface area contributed by atoms with E-state index in [1.807, 2.05) is 49.4 Å². The Morgan fingerprint density at radius 1 is 0.818 bits per heavy atom. The molecular formula is C28H33N3O2. The van der Waals surface area contributed by atoms with Gasteiger partial charge in [0.1, 0.15) is 0 Å². The Kier molecular flexibility index (Phi) is 8.79. The number of nitrogens with zero attached hydrogens (tertiary/aromatic N) is 1. The van der Waals surface area contributed by atoms with Crippen LogP contribution < -0.4 is 10.6 Å². The number of benzene rings is 3. The average Bonchev–Trinajstić information content (AvgIpc) is 2.85. The Labute approximate surface area is 196 Å². The molecule has 0 aliphatic carbocycles. The van der Waals surface area contributed by atoms with Gasteiger partial charge < -0.3 is 10.6 Å². The van der Waals surface area contributed by atoms with Gasteiger partial charge in [0.05, 0.1) is 0 Å². The smallest absolute Gasteiger partial charge is 0.255 e. The molecule has 0 fully saturated rings. The maximum Gasteiger partial charge on any atom is 0.255 e. The van der Waals surface area contributed by atoms with Crippen LogP contribution in [0.1, 0.15) is 45.7 Å². The first-order valence-electron chi connectivity index (χ1n) is 11.5. The van der Waals surface area contributed by atoms with Gasteiger partial charge in [0, 0.05) is 29.4 Å². The van der Waals surface area contributed by atoms with E-state index in [9.17, 15) is 9.59 Å². The predicted octanol–water partition coefficient (Wildman–Crippen LogP) is 4.93. The molecule has 1 unspecified atom stereocenters. The molecule has 0 heterocycles. The zero-order chi connectivity index (χ0) is 23.6. The number of likely N-dealkylation sites (N-methyl/N-ethyl adjacent to an activating group) is 1. The first kappa shape index (κ1) is 24.2. The molecule has 2 N–H and O–H groups in total. The maximum absolute atomic E-state index is 13.0. The third kappa shape index (κ3) is 6.77. The molecule has 0 saturated carbocycles. The molecule has 3 rings (SSSR count). The zero-order valence-corrected chi connectivity index (χ0v) is 19.7. The molecule has 172 valence electrons. The van der Waals surface area contributed by atoms with Crippen molar-refractivity contribution in [2.75, 3.05) is 25.0 Å². The van der Waals surface area contributed by atoms with Crippen molar-refractivity contribution in [2.45, 2.75) is 33.2 Å². The molecule has 33 heavy (non-hydrogen) atoms. The first-order valence-corrected chi connectivity index (χ1v) is 11.5. The van der Waals surface area contributed by atoms with Crippen molar-refractivity contribution in [2.24, 2.45) is 0 Å². The molecule has 0 saturated heterocycles. The quantitative estimate of drug-likeness (QED) is 0.467. The second-order valence-electron chi connectivity index (χ2n) is 8.12. The van der Waals surface area contributed by atoms with Gasteiger partial charge in [0.15, 0.2) is 0 Å². The summed E-state index contributed by atoms with van der Waals surface area (Å²) in [6.45, 7) is 8.59. The fourth-order valence-electron chi connectivity index (χ4n) is 3.95. The molecule has 0 aromatic heterocycles. The lowest BCUT2D eigenvalue weighted by Gasteiger charge is -2.30. The molecular weight excluding hydrogens is 410 g/mol. The maximum atomic E-state index is 13.0. The van der Waals surface area contributed by atoms with Gasteiger partial charge in [-0.3, -0.25) is 14.5 Å². The molecule has 3 aromatic carbocycles. The van der Waals surface area contributed by atoms with Crippen molar-refractivity contribution in [1.29, 1.82) is 0 Å². The van der Waals surface area contributed by atoms with Crippen LogP contribution >= 0.6 is 0 Å². The van der Waals surface area contributed by atoms with E-state index in [0.29, 0.717) is 23.4 Å². The summed E-state index contributed by atoms with van der Waals surface area (Å²) in [6, 6.07) is 25.0. The Hall–Kier alpha value is -3.44. The minimum absolute atomic E-state index is 0.143. The van der Waals surface area contributed by atoms with Gasteiger partial charge in [0.2, 0.25) is 0 Å². The van der Waals surface area contributed by atoms with Gasteiger partial charge in [-0.05, 0) is 61.8 Å². The van der Waals surface area contributed by atoms with Gasteiger partial charge in [0.25, 0.3) is 11.8 Å². The van der Waals surface area contributed by atoms with Crippen LogP contribution in [0.2, 0.25) is 0 Å². The second-order valence-corrected chi connectivity index (χ2v) is 8.12. The monoisotopic (exact) mass is 443 g/mol. The van der Waals surface area contributed by atoms with Crippen LogP contribution in [-0.4, -0.2) is 42.4 Å². The fraction of sp³-hybridized carbons (Fsp3) is 0.286. The van der Waals surface area contributed by atoms with Crippen LogP contribution in [0.5, 0.6) is 0 Å². The summed E-state index contributed by atoms with van der Waals surface area (Å²) in [5.74, 6) is -0.337. The number of amides is 2. The van der Waals surface area contributed by atoms with E-state index < -0.39 is 0 Å². The summed E-state index contributed by atoms with van der Waals surface area (Å²) >= 11 is 0. The van der Waals surface area contributed by atoms with E-state index in [2.05, 4.69) is 41.5 Å². The SMILES string of the molecule is CCN(CC)C(CNC(=O)c1ccc(C)c(NC(=O)c2ccccc2)c1)Cc1ccccc1. The number of aryl methyl sites for hydroxylation is 1. The van der Waals surface area contributed by atoms with Gasteiger partial charge in [-0.25, -0.2) is 0 Å². The molecule has 0 radical (unpaired) electrons.